The summed E-state index contributed by atoms with van der Waals surface area (Å²) in [6.45, 7) is 0. The van der Waals surface area contributed by atoms with Gasteiger partial charge in [0.25, 0.3) is 5.78 Å². The monoisotopic (exact) mass is 166 g/mol. The molecule has 1 radical (unpaired) electrons. The summed E-state index contributed by atoms with van der Waals surface area (Å²) in [5, 5.41) is 0. The van der Waals surface area contributed by atoms with Crippen LogP contribution in [0.3, 0.4) is 0 Å². The van der Waals surface area contributed by atoms with Crippen LogP contribution in [0.4, 0.5) is 13.2 Å². The van der Waals surface area contributed by atoms with Crippen molar-refractivity contribution in [3.05, 3.63) is 11.8 Å². The molecule has 0 aromatic heterocycles. The molecule has 0 spiro atoms. The van der Waals surface area contributed by atoms with Gasteiger partial charge >= 0.3 is 6.18 Å². The highest BCUT2D eigenvalue weighted by molar-refractivity contribution is 6.14. The summed E-state index contributed by atoms with van der Waals surface area (Å²) in [6, 6.07) is 0. The lowest BCUT2D eigenvalue weighted by molar-refractivity contribution is -0.165. The molecule has 2 N–H and O–H groups in total. The molecule has 0 bridgehead atoms. The first-order valence-corrected chi connectivity index (χ1v) is 2.35. The molecule has 0 atom stereocenters. The van der Waals surface area contributed by atoms with Crippen LogP contribution < -0.4 is 5.73 Å². The van der Waals surface area contributed by atoms with Crippen LogP contribution >= 0.6 is 0 Å². The van der Waals surface area contributed by atoms with Gasteiger partial charge in [-0.1, -0.05) is 0 Å². The van der Waals surface area contributed by atoms with Crippen LogP contribution in [-0.4, -0.2) is 18.2 Å². The van der Waals surface area contributed by atoms with Gasteiger partial charge in [-0.25, -0.2) is 0 Å². The Morgan fingerprint density at radius 3 is 2.00 bits per heavy atom. The lowest BCUT2D eigenvalue weighted by atomic mass is 10.2. The van der Waals surface area contributed by atoms with Crippen LogP contribution in [0.1, 0.15) is 0 Å². The molecule has 0 heterocycles. The molecule has 0 saturated heterocycles. The zero-order valence-corrected chi connectivity index (χ0v) is 5.11. The summed E-state index contributed by atoms with van der Waals surface area (Å²) in [5.74, 6) is -2.28. The first kappa shape index (κ1) is 9.67. The molecule has 0 aromatic carbocycles. The molecule has 0 saturated carbocycles. The number of nitrogens with two attached hydrogens (primary N) is 1. The van der Waals surface area contributed by atoms with Gasteiger partial charge in [-0.05, 0) is 0 Å². The maximum atomic E-state index is 11.4. The van der Waals surface area contributed by atoms with Crippen molar-refractivity contribution in [3.8, 4) is 0 Å². The predicted molar refractivity (Wildman–Crippen MR) is 29.0 cm³/mol. The van der Waals surface area contributed by atoms with E-state index in [2.05, 4.69) is 5.73 Å². The minimum absolute atomic E-state index is 0.267. The lowest BCUT2D eigenvalue weighted by Gasteiger charge is -2.01. The van der Waals surface area contributed by atoms with Crippen LogP contribution in [0.25, 0.3) is 0 Å². The minimum atomic E-state index is -5.07. The molecule has 61 valence electrons. The van der Waals surface area contributed by atoms with Crippen molar-refractivity contribution in [2.75, 3.05) is 0 Å². The Bertz CT molecular complexity index is 206. The second-order valence-electron chi connectivity index (χ2n) is 1.51. The van der Waals surface area contributed by atoms with Gasteiger partial charge in [0, 0.05) is 6.20 Å². The summed E-state index contributed by atoms with van der Waals surface area (Å²) in [5.41, 5.74) is 3.32. The van der Waals surface area contributed by atoms with Crippen molar-refractivity contribution in [2.45, 2.75) is 6.18 Å². The summed E-state index contributed by atoms with van der Waals surface area (Å²) < 4.78 is 34.3. The molecule has 0 aromatic rings. The SMILES string of the molecule is NC=C([C]=O)C(=O)C(F)(F)F. The highest BCUT2D eigenvalue weighted by atomic mass is 19.4. The number of Topliss-reactive ketones (excluding diaryl/α,β-unsaturated/α-hetero) is 1. The molecule has 11 heavy (non-hydrogen) atoms. The zero-order valence-electron chi connectivity index (χ0n) is 5.11. The summed E-state index contributed by atoms with van der Waals surface area (Å²) >= 11 is 0. The van der Waals surface area contributed by atoms with Gasteiger partial charge in [0.15, 0.2) is 0 Å². The van der Waals surface area contributed by atoms with E-state index in [0.29, 0.717) is 0 Å². The number of carbonyl (C=O) groups excluding carboxylic acids is 2. The smallest absolute Gasteiger partial charge is 0.404 e. The second kappa shape index (κ2) is 3.18. The van der Waals surface area contributed by atoms with Gasteiger partial charge in [0.2, 0.25) is 6.29 Å². The molecule has 3 nitrogen and oxygen atoms in total. The number of carbonyl (C=O) groups is 1. The molecule has 0 unspecified atom stereocenters. The Morgan fingerprint density at radius 1 is 1.45 bits per heavy atom. The molecular formula is C5H3F3NO2. The maximum absolute atomic E-state index is 11.4. The highest BCUT2D eigenvalue weighted by Gasteiger charge is 2.40. The van der Waals surface area contributed by atoms with Crippen molar-refractivity contribution in [1.29, 1.82) is 0 Å². The summed E-state index contributed by atoms with van der Waals surface area (Å²) in [7, 11) is 0. The van der Waals surface area contributed by atoms with Crippen LogP contribution in [0.2, 0.25) is 0 Å². The van der Waals surface area contributed by atoms with E-state index >= 15 is 0 Å². The van der Waals surface area contributed by atoms with Crippen LogP contribution in [0, 0.1) is 0 Å². The van der Waals surface area contributed by atoms with Gasteiger partial charge in [-0.3, -0.25) is 9.59 Å². The third-order valence-corrected chi connectivity index (χ3v) is 0.779. The quantitative estimate of drug-likeness (QED) is 0.358. The molecule has 6 heteroatoms. The summed E-state index contributed by atoms with van der Waals surface area (Å²) in [4.78, 5) is 19.7. The van der Waals surface area contributed by atoms with E-state index in [1.54, 1.807) is 0 Å². The van der Waals surface area contributed by atoms with Gasteiger partial charge in [0.05, 0.1) is 5.57 Å². The number of halogens is 3. The highest BCUT2D eigenvalue weighted by Crippen LogP contribution is 2.19. The largest absolute Gasteiger partial charge is 0.455 e. The van der Waals surface area contributed by atoms with Gasteiger partial charge in [-0.15, -0.1) is 0 Å². The molecule has 0 fully saturated rings. The van der Waals surface area contributed by atoms with Crippen LogP contribution in [0.15, 0.2) is 11.8 Å². The topological polar surface area (TPSA) is 60.2 Å². The van der Waals surface area contributed by atoms with E-state index < -0.39 is 17.5 Å². The number of allylic oxidation sites excluding steroid dienone is 1. The number of ketones is 1. The fourth-order valence-electron chi connectivity index (χ4n) is 0.309. The Hall–Kier alpha value is -1.33. The molecule has 0 amide bonds. The molecule has 0 aliphatic carbocycles. The maximum Gasteiger partial charge on any atom is 0.455 e. The van der Waals surface area contributed by atoms with Gasteiger partial charge in [0.1, 0.15) is 0 Å². The van der Waals surface area contributed by atoms with Crippen molar-refractivity contribution < 1.29 is 22.8 Å². The van der Waals surface area contributed by atoms with Crippen molar-refractivity contribution in [3.63, 3.8) is 0 Å². The van der Waals surface area contributed by atoms with Gasteiger partial charge in [-0.2, -0.15) is 13.2 Å². The first-order chi connectivity index (χ1) is 4.93. The Labute approximate surface area is 59.7 Å². The fraction of sp³-hybridized carbons (Fsp3) is 0.200. The average Bonchev–Trinajstić information content (AvgIpc) is 1.88. The van der Waals surface area contributed by atoms with E-state index in [9.17, 15) is 22.8 Å². The molecule has 0 aliphatic rings. The molecule has 0 rings (SSSR count). The van der Waals surface area contributed by atoms with Gasteiger partial charge < -0.3 is 5.73 Å². The van der Waals surface area contributed by atoms with E-state index in [1.165, 1.54) is 0 Å². The van der Waals surface area contributed by atoms with E-state index in [4.69, 9.17) is 0 Å². The standard InChI is InChI=1S/C5H3F3NO2/c6-5(7,8)4(11)3(1-9)2-10/h1H,9H2. The Balaban J connectivity index is 4.62. The minimum Gasteiger partial charge on any atom is -0.404 e. The van der Waals surface area contributed by atoms with Crippen molar-refractivity contribution >= 4 is 12.1 Å². The molecule has 0 aliphatic heterocycles. The Morgan fingerprint density at radius 2 is 1.91 bits per heavy atom. The molecular weight excluding hydrogens is 163 g/mol. The normalized spacial score (nSPS) is 12.8. The van der Waals surface area contributed by atoms with E-state index in [-0.39, 0.29) is 6.20 Å². The number of alkyl halides is 3. The number of hydrogen-bond donors (Lipinski definition) is 1. The van der Waals surface area contributed by atoms with Crippen LogP contribution in [0.5, 0.6) is 0 Å². The number of hydrogen-bond acceptors (Lipinski definition) is 3. The zero-order chi connectivity index (χ0) is 9.07. The van der Waals surface area contributed by atoms with Crippen molar-refractivity contribution in [1.82, 2.24) is 0 Å². The van der Waals surface area contributed by atoms with E-state index in [1.807, 2.05) is 0 Å². The van der Waals surface area contributed by atoms with Crippen molar-refractivity contribution in [2.24, 2.45) is 5.73 Å². The lowest BCUT2D eigenvalue weighted by Crippen LogP contribution is -2.25. The average molecular weight is 166 g/mol. The Kier molecular flexibility index (Phi) is 2.79. The fourth-order valence-corrected chi connectivity index (χ4v) is 0.309. The number of rotatable bonds is 2. The third kappa shape index (κ3) is 2.40. The van der Waals surface area contributed by atoms with E-state index in [0.717, 1.165) is 6.29 Å². The first-order valence-electron chi connectivity index (χ1n) is 2.35. The second-order valence-corrected chi connectivity index (χ2v) is 1.51. The third-order valence-electron chi connectivity index (χ3n) is 0.779. The predicted octanol–water partition coefficient (Wildman–Crippen LogP) is 0.0701. The van der Waals surface area contributed by atoms with Crippen LogP contribution in [-0.2, 0) is 9.59 Å². The summed E-state index contributed by atoms with van der Waals surface area (Å²) in [6.07, 6.45) is -4.03.